The number of furan rings is 1. The number of halogens is 1. The Kier molecular flexibility index (Phi) is 5.39. The van der Waals surface area contributed by atoms with Gasteiger partial charge in [-0.05, 0) is 43.2 Å². The predicted octanol–water partition coefficient (Wildman–Crippen LogP) is 4.58. The van der Waals surface area contributed by atoms with Crippen molar-refractivity contribution in [1.29, 1.82) is 0 Å². The predicted molar refractivity (Wildman–Crippen MR) is 114 cm³/mol. The van der Waals surface area contributed by atoms with Crippen LogP contribution in [0.15, 0.2) is 40.8 Å². The summed E-state index contributed by atoms with van der Waals surface area (Å²) < 4.78 is 19.3. The summed E-state index contributed by atoms with van der Waals surface area (Å²) in [7, 11) is 0. The molecule has 8 heteroatoms. The summed E-state index contributed by atoms with van der Waals surface area (Å²) >= 11 is 0. The van der Waals surface area contributed by atoms with Crippen LogP contribution in [0.25, 0.3) is 22.4 Å². The fourth-order valence-corrected chi connectivity index (χ4v) is 3.92. The first-order valence-electron chi connectivity index (χ1n) is 10.2. The average Bonchev–Trinajstić information content (AvgIpc) is 3.17. The molecule has 3 heterocycles. The van der Waals surface area contributed by atoms with E-state index in [0.717, 1.165) is 11.1 Å². The number of piperazine rings is 1. The van der Waals surface area contributed by atoms with Gasteiger partial charge in [-0.2, -0.15) is 0 Å². The number of fused-ring (bicyclic) bond motifs is 1. The maximum atomic E-state index is 13.3. The summed E-state index contributed by atoms with van der Waals surface area (Å²) in [6.07, 6.45) is -0.984. The van der Waals surface area contributed by atoms with Crippen LogP contribution in [0.2, 0.25) is 0 Å². The van der Waals surface area contributed by atoms with E-state index in [1.165, 1.54) is 17.0 Å². The van der Waals surface area contributed by atoms with Crippen molar-refractivity contribution >= 4 is 23.1 Å². The number of pyridine rings is 1. The average molecular weight is 425 g/mol. The Labute approximate surface area is 179 Å². The van der Waals surface area contributed by atoms with Crippen LogP contribution in [-0.4, -0.2) is 57.6 Å². The SMILES string of the molecule is CC(C)c1cc(-c2ccc(F)cc2)nc2cc(C(=O)N3CCN(C(=O)O)C[C@H]3C)oc12. The highest BCUT2D eigenvalue weighted by atomic mass is 19.1. The van der Waals surface area contributed by atoms with Crippen LogP contribution in [0, 0.1) is 5.82 Å². The number of hydrogen-bond acceptors (Lipinski definition) is 4. The molecule has 7 nitrogen and oxygen atoms in total. The zero-order valence-electron chi connectivity index (χ0n) is 17.6. The van der Waals surface area contributed by atoms with Gasteiger partial charge in [0.15, 0.2) is 11.3 Å². The van der Waals surface area contributed by atoms with E-state index in [4.69, 9.17) is 4.42 Å². The molecule has 162 valence electrons. The van der Waals surface area contributed by atoms with Gasteiger partial charge in [0.05, 0.1) is 5.69 Å². The Morgan fingerprint density at radius 3 is 2.52 bits per heavy atom. The van der Waals surface area contributed by atoms with E-state index in [-0.39, 0.29) is 42.5 Å². The van der Waals surface area contributed by atoms with Gasteiger partial charge in [0.1, 0.15) is 11.3 Å². The molecule has 1 aromatic carbocycles. The fourth-order valence-electron chi connectivity index (χ4n) is 3.92. The maximum Gasteiger partial charge on any atom is 0.407 e. The van der Waals surface area contributed by atoms with E-state index in [1.807, 2.05) is 26.8 Å². The van der Waals surface area contributed by atoms with Crippen LogP contribution in [0.3, 0.4) is 0 Å². The van der Waals surface area contributed by atoms with Gasteiger partial charge in [0, 0.05) is 42.9 Å². The number of carboxylic acid groups (broad SMARTS) is 1. The lowest BCUT2D eigenvalue weighted by Crippen LogP contribution is -2.55. The molecule has 0 radical (unpaired) electrons. The van der Waals surface area contributed by atoms with Gasteiger partial charge in [-0.25, -0.2) is 14.2 Å². The van der Waals surface area contributed by atoms with E-state index in [2.05, 4.69) is 4.98 Å². The number of nitrogens with zero attached hydrogens (tertiary/aromatic N) is 3. The highest BCUT2D eigenvalue weighted by Crippen LogP contribution is 2.32. The van der Waals surface area contributed by atoms with Crippen LogP contribution in [-0.2, 0) is 0 Å². The molecule has 0 saturated carbocycles. The third kappa shape index (κ3) is 3.97. The Morgan fingerprint density at radius 2 is 1.90 bits per heavy atom. The summed E-state index contributed by atoms with van der Waals surface area (Å²) in [5.74, 6) is -0.302. The Balaban J connectivity index is 1.70. The summed E-state index contributed by atoms with van der Waals surface area (Å²) in [6, 6.07) is 9.39. The van der Waals surface area contributed by atoms with E-state index >= 15 is 0 Å². The number of hydrogen-bond donors (Lipinski definition) is 1. The highest BCUT2D eigenvalue weighted by Gasteiger charge is 2.32. The second-order valence-corrected chi connectivity index (χ2v) is 8.16. The second kappa shape index (κ2) is 8.02. The summed E-state index contributed by atoms with van der Waals surface area (Å²) in [4.78, 5) is 31.9. The molecule has 0 spiro atoms. The topological polar surface area (TPSA) is 86.9 Å². The lowest BCUT2D eigenvalue weighted by molar-refractivity contribution is 0.0459. The zero-order chi connectivity index (χ0) is 22.3. The highest BCUT2D eigenvalue weighted by molar-refractivity contribution is 5.96. The van der Waals surface area contributed by atoms with Crippen molar-refractivity contribution in [1.82, 2.24) is 14.8 Å². The van der Waals surface area contributed by atoms with Gasteiger partial charge in [-0.3, -0.25) is 4.79 Å². The van der Waals surface area contributed by atoms with Crippen LogP contribution in [0.4, 0.5) is 9.18 Å². The van der Waals surface area contributed by atoms with Gasteiger partial charge in [-0.1, -0.05) is 13.8 Å². The van der Waals surface area contributed by atoms with Crippen LogP contribution >= 0.6 is 0 Å². The number of amides is 2. The summed E-state index contributed by atoms with van der Waals surface area (Å²) in [6.45, 7) is 6.69. The first-order chi connectivity index (χ1) is 14.7. The van der Waals surface area contributed by atoms with E-state index in [1.54, 1.807) is 23.1 Å². The Hall–Kier alpha value is -3.42. The van der Waals surface area contributed by atoms with E-state index in [0.29, 0.717) is 23.3 Å². The number of rotatable bonds is 3. The second-order valence-electron chi connectivity index (χ2n) is 8.16. The number of carbonyl (C=O) groups is 2. The third-order valence-corrected chi connectivity index (χ3v) is 5.64. The van der Waals surface area contributed by atoms with Crippen molar-refractivity contribution in [2.24, 2.45) is 0 Å². The van der Waals surface area contributed by atoms with Crippen molar-refractivity contribution < 1.29 is 23.5 Å². The molecule has 0 bridgehead atoms. The molecular weight excluding hydrogens is 401 g/mol. The van der Waals surface area contributed by atoms with Crippen LogP contribution < -0.4 is 0 Å². The molecule has 1 N–H and O–H groups in total. The monoisotopic (exact) mass is 425 g/mol. The van der Waals surface area contributed by atoms with Gasteiger partial charge in [-0.15, -0.1) is 0 Å². The number of carbonyl (C=O) groups excluding carboxylic acids is 1. The van der Waals surface area contributed by atoms with Crippen molar-refractivity contribution in [2.45, 2.75) is 32.7 Å². The van der Waals surface area contributed by atoms with Crippen molar-refractivity contribution in [3.63, 3.8) is 0 Å². The number of benzene rings is 1. The van der Waals surface area contributed by atoms with Gasteiger partial charge < -0.3 is 19.3 Å². The third-order valence-electron chi connectivity index (χ3n) is 5.64. The Bertz CT molecular complexity index is 1140. The molecule has 0 unspecified atom stereocenters. The molecule has 0 aliphatic carbocycles. The van der Waals surface area contributed by atoms with Crippen molar-refractivity contribution in [3.8, 4) is 11.3 Å². The normalized spacial score (nSPS) is 16.9. The Morgan fingerprint density at radius 1 is 1.19 bits per heavy atom. The molecule has 1 fully saturated rings. The summed E-state index contributed by atoms with van der Waals surface area (Å²) in [5, 5.41) is 9.19. The lowest BCUT2D eigenvalue weighted by Gasteiger charge is -2.38. The minimum absolute atomic E-state index is 0.122. The molecule has 2 aromatic heterocycles. The van der Waals surface area contributed by atoms with Crippen LogP contribution in [0.1, 0.15) is 42.8 Å². The van der Waals surface area contributed by atoms with Crippen molar-refractivity contribution in [3.05, 3.63) is 53.5 Å². The molecule has 2 amide bonds. The maximum absolute atomic E-state index is 13.3. The first kappa shape index (κ1) is 20.8. The molecule has 1 saturated heterocycles. The van der Waals surface area contributed by atoms with Gasteiger partial charge in [0.25, 0.3) is 5.91 Å². The lowest BCUT2D eigenvalue weighted by atomic mass is 10.00. The molecule has 3 aromatic rings. The molecule has 4 rings (SSSR count). The first-order valence-corrected chi connectivity index (χ1v) is 10.2. The minimum Gasteiger partial charge on any atom is -0.465 e. The van der Waals surface area contributed by atoms with Crippen molar-refractivity contribution in [2.75, 3.05) is 19.6 Å². The molecule has 1 atom stereocenters. The molecular formula is C23H24FN3O4. The van der Waals surface area contributed by atoms with Gasteiger partial charge in [0.2, 0.25) is 0 Å². The van der Waals surface area contributed by atoms with Crippen LogP contribution in [0.5, 0.6) is 0 Å². The molecule has 31 heavy (non-hydrogen) atoms. The zero-order valence-corrected chi connectivity index (χ0v) is 17.6. The molecule has 1 aliphatic heterocycles. The fraction of sp³-hybridized carbons (Fsp3) is 0.348. The van der Waals surface area contributed by atoms with E-state index in [9.17, 15) is 19.1 Å². The quantitative estimate of drug-likeness (QED) is 0.664. The summed E-state index contributed by atoms with van der Waals surface area (Å²) in [5.41, 5.74) is 3.48. The minimum atomic E-state index is -0.984. The standard InChI is InChI=1S/C23H24FN3O4/c1-13(2)17-10-18(15-4-6-16(24)7-5-15)25-19-11-20(31-21(17)19)22(28)27-9-8-26(23(29)30)12-14(27)3/h4-7,10-11,13-14H,8-9,12H2,1-3H3,(H,29,30)/t14-/m1/s1. The smallest absolute Gasteiger partial charge is 0.407 e. The number of aromatic nitrogens is 1. The van der Waals surface area contributed by atoms with E-state index < -0.39 is 6.09 Å². The largest absolute Gasteiger partial charge is 0.465 e. The molecule has 1 aliphatic rings. The van der Waals surface area contributed by atoms with Gasteiger partial charge >= 0.3 is 6.09 Å².